The summed E-state index contributed by atoms with van der Waals surface area (Å²) in [5, 5.41) is 2.73. The third-order valence-corrected chi connectivity index (χ3v) is 3.33. The molecule has 2 rings (SSSR count). The van der Waals surface area contributed by atoms with Crippen molar-refractivity contribution in [1.29, 1.82) is 0 Å². The predicted molar refractivity (Wildman–Crippen MR) is 88.2 cm³/mol. The molecule has 0 radical (unpaired) electrons. The topological polar surface area (TPSA) is 56.8 Å². The van der Waals surface area contributed by atoms with Crippen molar-refractivity contribution in [2.24, 2.45) is 0 Å². The SMILES string of the molecule is COc1ccc(OCCNC(=O)Cc2ccc(OC)c(F)c2)cc1. The Bertz CT molecular complexity index is 673. The van der Waals surface area contributed by atoms with Crippen molar-refractivity contribution in [2.75, 3.05) is 27.4 Å². The number of halogens is 1. The Balaban J connectivity index is 1.72. The van der Waals surface area contributed by atoms with Crippen LogP contribution in [0.5, 0.6) is 17.2 Å². The van der Waals surface area contributed by atoms with Gasteiger partial charge in [0.15, 0.2) is 11.6 Å². The average Bonchev–Trinajstić information content (AvgIpc) is 2.59. The summed E-state index contributed by atoms with van der Waals surface area (Å²) in [5.74, 6) is 0.931. The molecule has 24 heavy (non-hydrogen) atoms. The Labute approximate surface area is 140 Å². The molecule has 0 saturated heterocycles. The summed E-state index contributed by atoms with van der Waals surface area (Å²) in [6.45, 7) is 0.707. The number of carbonyl (C=O) groups excluding carboxylic acids is 1. The van der Waals surface area contributed by atoms with Crippen LogP contribution in [0.25, 0.3) is 0 Å². The van der Waals surface area contributed by atoms with Gasteiger partial charge in [0.2, 0.25) is 5.91 Å². The third-order valence-electron chi connectivity index (χ3n) is 3.33. The van der Waals surface area contributed by atoms with Crippen molar-refractivity contribution in [3.8, 4) is 17.2 Å². The molecule has 2 aromatic carbocycles. The number of rotatable bonds is 8. The van der Waals surface area contributed by atoms with E-state index in [2.05, 4.69) is 5.32 Å². The molecule has 128 valence electrons. The highest BCUT2D eigenvalue weighted by Gasteiger charge is 2.07. The molecule has 1 N–H and O–H groups in total. The molecule has 0 spiro atoms. The van der Waals surface area contributed by atoms with Gasteiger partial charge in [0.25, 0.3) is 0 Å². The zero-order chi connectivity index (χ0) is 17.4. The van der Waals surface area contributed by atoms with E-state index in [1.54, 1.807) is 37.4 Å². The second-order valence-corrected chi connectivity index (χ2v) is 5.02. The molecule has 0 aliphatic rings. The molecule has 0 atom stereocenters. The minimum absolute atomic E-state index is 0.101. The number of ether oxygens (including phenoxy) is 3. The van der Waals surface area contributed by atoms with Gasteiger partial charge in [-0.15, -0.1) is 0 Å². The minimum Gasteiger partial charge on any atom is -0.497 e. The average molecular weight is 333 g/mol. The Morgan fingerprint density at radius 3 is 2.38 bits per heavy atom. The molecule has 0 unspecified atom stereocenters. The Morgan fingerprint density at radius 1 is 1.04 bits per heavy atom. The molecule has 2 aromatic rings. The van der Waals surface area contributed by atoms with Crippen LogP contribution in [0.3, 0.4) is 0 Å². The second-order valence-electron chi connectivity index (χ2n) is 5.02. The van der Waals surface area contributed by atoms with Gasteiger partial charge in [-0.25, -0.2) is 4.39 Å². The molecule has 0 saturated carbocycles. The smallest absolute Gasteiger partial charge is 0.224 e. The fraction of sp³-hybridized carbons (Fsp3) is 0.278. The lowest BCUT2D eigenvalue weighted by Crippen LogP contribution is -2.29. The van der Waals surface area contributed by atoms with E-state index < -0.39 is 5.82 Å². The molecular weight excluding hydrogens is 313 g/mol. The van der Waals surface area contributed by atoms with Crippen LogP contribution in [0.15, 0.2) is 42.5 Å². The van der Waals surface area contributed by atoms with Crippen LogP contribution in [0.1, 0.15) is 5.56 Å². The monoisotopic (exact) mass is 333 g/mol. The molecule has 6 heteroatoms. The van der Waals surface area contributed by atoms with Gasteiger partial charge < -0.3 is 19.5 Å². The van der Waals surface area contributed by atoms with Crippen molar-refractivity contribution >= 4 is 5.91 Å². The standard InChI is InChI=1S/C18H20FNO4/c1-22-14-4-6-15(7-5-14)24-10-9-20-18(21)12-13-3-8-17(23-2)16(19)11-13/h3-8,11H,9-10,12H2,1-2H3,(H,20,21). The van der Waals surface area contributed by atoms with E-state index in [1.165, 1.54) is 19.2 Å². The van der Waals surface area contributed by atoms with Crippen LogP contribution in [0.4, 0.5) is 4.39 Å². The zero-order valence-corrected chi connectivity index (χ0v) is 13.7. The number of amides is 1. The van der Waals surface area contributed by atoms with Crippen molar-refractivity contribution < 1.29 is 23.4 Å². The van der Waals surface area contributed by atoms with E-state index in [4.69, 9.17) is 14.2 Å². The highest BCUT2D eigenvalue weighted by molar-refractivity contribution is 5.78. The maximum Gasteiger partial charge on any atom is 0.224 e. The van der Waals surface area contributed by atoms with Crippen molar-refractivity contribution in [1.82, 2.24) is 5.32 Å². The molecule has 0 aromatic heterocycles. The van der Waals surface area contributed by atoms with Gasteiger partial charge in [-0.3, -0.25) is 4.79 Å². The fourth-order valence-corrected chi connectivity index (χ4v) is 2.10. The van der Waals surface area contributed by atoms with Crippen LogP contribution in [0.2, 0.25) is 0 Å². The molecule has 0 fully saturated rings. The molecule has 5 nitrogen and oxygen atoms in total. The van der Waals surface area contributed by atoms with E-state index >= 15 is 0 Å². The summed E-state index contributed by atoms with van der Waals surface area (Å²) in [7, 11) is 2.99. The number of methoxy groups -OCH3 is 2. The second kappa shape index (κ2) is 8.76. The summed E-state index contributed by atoms with van der Waals surface area (Å²) in [6, 6.07) is 11.6. The number of hydrogen-bond donors (Lipinski definition) is 1. The van der Waals surface area contributed by atoms with Gasteiger partial charge >= 0.3 is 0 Å². The first-order valence-corrected chi connectivity index (χ1v) is 7.48. The summed E-state index contributed by atoms with van der Waals surface area (Å²) >= 11 is 0. The first kappa shape index (κ1) is 17.6. The van der Waals surface area contributed by atoms with E-state index in [-0.39, 0.29) is 18.1 Å². The van der Waals surface area contributed by atoms with Gasteiger partial charge in [-0.1, -0.05) is 6.07 Å². The van der Waals surface area contributed by atoms with E-state index in [0.717, 1.165) is 5.75 Å². The van der Waals surface area contributed by atoms with Crippen molar-refractivity contribution in [3.63, 3.8) is 0 Å². The maximum absolute atomic E-state index is 13.6. The van der Waals surface area contributed by atoms with E-state index in [0.29, 0.717) is 24.5 Å². The summed E-state index contributed by atoms with van der Waals surface area (Å²) in [6.07, 6.45) is 0.101. The number of nitrogens with one attached hydrogen (secondary N) is 1. The van der Waals surface area contributed by atoms with Crippen molar-refractivity contribution in [3.05, 3.63) is 53.8 Å². The van der Waals surface area contributed by atoms with E-state index in [9.17, 15) is 9.18 Å². The first-order chi connectivity index (χ1) is 11.6. The van der Waals surface area contributed by atoms with Gasteiger partial charge in [-0.2, -0.15) is 0 Å². The lowest BCUT2D eigenvalue weighted by Gasteiger charge is -2.09. The highest BCUT2D eigenvalue weighted by Crippen LogP contribution is 2.18. The van der Waals surface area contributed by atoms with Crippen LogP contribution < -0.4 is 19.5 Å². The minimum atomic E-state index is -0.481. The van der Waals surface area contributed by atoms with Crippen molar-refractivity contribution in [2.45, 2.75) is 6.42 Å². The summed E-state index contributed by atoms with van der Waals surface area (Å²) < 4.78 is 29.0. The molecule has 0 aliphatic heterocycles. The number of hydrogen-bond acceptors (Lipinski definition) is 4. The highest BCUT2D eigenvalue weighted by atomic mass is 19.1. The summed E-state index contributed by atoms with van der Waals surface area (Å²) in [5.41, 5.74) is 0.585. The van der Waals surface area contributed by atoms with Crippen LogP contribution in [-0.2, 0) is 11.2 Å². The molecular formula is C18H20FNO4. The molecule has 0 bridgehead atoms. The summed E-state index contributed by atoms with van der Waals surface area (Å²) in [4.78, 5) is 11.8. The first-order valence-electron chi connectivity index (χ1n) is 7.48. The third kappa shape index (κ3) is 5.15. The zero-order valence-electron chi connectivity index (χ0n) is 13.7. The molecule has 0 aliphatic carbocycles. The Morgan fingerprint density at radius 2 is 1.75 bits per heavy atom. The molecule has 1 amide bonds. The van der Waals surface area contributed by atoms with Crippen LogP contribution in [-0.4, -0.2) is 33.3 Å². The Hall–Kier alpha value is -2.76. The van der Waals surface area contributed by atoms with Gasteiger partial charge in [0.1, 0.15) is 18.1 Å². The van der Waals surface area contributed by atoms with Crippen LogP contribution in [0, 0.1) is 5.82 Å². The lowest BCUT2D eigenvalue weighted by molar-refractivity contribution is -0.120. The predicted octanol–water partition coefficient (Wildman–Crippen LogP) is 2.58. The fourth-order valence-electron chi connectivity index (χ4n) is 2.10. The maximum atomic E-state index is 13.6. The van der Waals surface area contributed by atoms with Gasteiger partial charge in [0.05, 0.1) is 27.2 Å². The van der Waals surface area contributed by atoms with Gasteiger partial charge in [0, 0.05) is 0 Å². The quantitative estimate of drug-likeness (QED) is 0.755. The largest absolute Gasteiger partial charge is 0.497 e. The lowest BCUT2D eigenvalue weighted by atomic mass is 10.1. The normalized spacial score (nSPS) is 10.1. The number of carbonyl (C=O) groups is 1. The van der Waals surface area contributed by atoms with Gasteiger partial charge in [-0.05, 0) is 42.0 Å². The van der Waals surface area contributed by atoms with Crippen LogP contribution >= 0.6 is 0 Å². The Kier molecular flexibility index (Phi) is 6.42. The molecule has 0 heterocycles. The van der Waals surface area contributed by atoms with E-state index in [1.807, 2.05) is 0 Å². The number of benzene rings is 2.